The molecule has 0 atom stereocenters. The van der Waals surface area contributed by atoms with Crippen LogP contribution in [-0.4, -0.2) is 0 Å². The van der Waals surface area contributed by atoms with Crippen LogP contribution in [0.15, 0.2) is 34.3 Å². The van der Waals surface area contributed by atoms with Crippen molar-refractivity contribution in [2.45, 2.75) is 50.6 Å². The van der Waals surface area contributed by atoms with Crippen LogP contribution in [0.5, 0.6) is 0 Å². The summed E-state index contributed by atoms with van der Waals surface area (Å²) in [5.41, 5.74) is 3.33. The molecule has 0 unspecified atom stereocenters. The van der Waals surface area contributed by atoms with Crippen LogP contribution in [-0.2, 0) is 12.8 Å². The Kier molecular flexibility index (Phi) is 5.58. The molecule has 0 bridgehead atoms. The Morgan fingerprint density at radius 1 is 0.773 bits per heavy atom. The van der Waals surface area contributed by atoms with Gasteiger partial charge in [0.05, 0.1) is 0 Å². The molecule has 0 amide bonds. The number of pyridine rings is 2. The third-order valence-corrected chi connectivity index (χ3v) is 6.02. The fourth-order valence-electron chi connectivity index (χ4n) is 2.09. The van der Waals surface area contributed by atoms with Crippen molar-refractivity contribution >= 4 is 21.6 Å². The van der Waals surface area contributed by atoms with Gasteiger partial charge in [-0.2, -0.15) is 9.46 Å². The van der Waals surface area contributed by atoms with Gasteiger partial charge in [-0.05, 0) is 25.0 Å². The molecule has 0 fully saturated rings. The van der Waals surface area contributed by atoms with Gasteiger partial charge in [-0.25, -0.2) is 0 Å². The van der Waals surface area contributed by atoms with Crippen molar-refractivity contribution in [2.75, 3.05) is 0 Å². The second-order valence-corrected chi connectivity index (χ2v) is 7.18. The van der Waals surface area contributed by atoms with Crippen LogP contribution in [0.1, 0.15) is 36.4 Å². The number of rotatable bonds is 5. The molecule has 2 aromatic heterocycles. The molecule has 0 radical (unpaired) electrons. The molecule has 0 aliphatic rings. The molecule has 0 spiro atoms. The van der Waals surface area contributed by atoms with Gasteiger partial charge in [0.1, 0.15) is 0 Å². The standard InChI is InChI=1S/C16H20N2O2S2/c1-5-13-9-7-11(3)17(19)15(13)21-22-16-14(6-2)10-8-12(4)18(16)20/h7-10H,5-6H2,1-4H3. The molecule has 0 aliphatic carbocycles. The average molecular weight is 336 g/mol. The van der Waals surface area contributed by atoms with Gasteiger partial charge in [0.2, 0.25) is 0 Å². The smallest absolute Gasteiger partial charge is 0.265 e. The molecule has 2 heterocycles. The topological polar surface area (TPSA) is 53.9 Å². The van der Waals surface area contributed by atoms with E-state index < -0.39 is 0 Å². The van der Waals surface area contributed by atoms with Crippen LogP contribution in [0.3, 0.4) is 0 Å². The van der Waals surface area contributed by atoms with Gasteiger partial charge in [-0.3, -0.25) is 0 Å². The summed E-state index contributed by atoms with van der Waals surface area (Å²) in [6, 6.07) is 7.63. The van der Waals surface area contributed by atoms with Crippen LogP contribution in [0.4, 0.5) is 0 Å². The van der Waals surface area contributed by atoms with E-state index in [2.05, 4.69) is 0 Å². The molecule has 118 valence electrons. The van der Waals surface area contributed by atoms with E-state index in [1.165, 1.54) is 21.6 Å². The monoisotopic (exact) mass is 336 g/mol. The summed E-state index contributed by atoms with van der Waals surface area (Å²) < 4.78 is 1.90. The Morgan fingerprint density at radius 3 is 1.45 bits per heavy atom. The first-order valence-corrected chi connectivity index (χ1v) is 9.43. The number of hydrogen-bond acceptors (Lipinski definition) is 4. The maximum absolute atomic E-state index is 12.3. The largest absolute Gasteiger partial charge is 0.618 e. The van der Waals surface area contributed by atoms with Gasteiger partial charge in [-0.1, -0.05) is 13.8 Å². The van der Waals surface area contributed by atoms with E-state index in [1.807, 2.05) is 38.1 Å². The van der Waals surface area contributed by atoms with Crippen LogP contribution >= 0.6 is 21.6 Å². The third kappa shape index (κ3) is 3.33. The number of hydrogen-bond donors (Lipinski definition) is 0. The van der Waals surface area contributed by atoms with Gasteiger partial charge in [-0.15, -0.1) is 0 Å². The lowest BCUT2D eigenvalue weighted by Crippen LogP contribution is -2.35. The highest BCUT2D eigenvalue weighted by atomic mass is 33.1. The minimum atomic E-state index is 0.662. The Balaban J connectivity index is 2.35. The molecule has 0 N–H and O–H groups in total. The minimum absolute atomic E-state index is 0.662. The van der Waals surface area contributed by atoms with Crippen molar-refractivity contribution < 1.29 is 9.46 Å². The maximum atomic E-state index is 12.3. The Morgan fingerprint density at radius 2 is 1.14 bits per heavy atom. The molecule has 0 aromatic carbocycles. The van der Waals surface area contributed by atoms with E-state index in [4.69, 9.17) is 0 Å². The van der Waals surface area contributed by atoms with E-state index in [1.54, 1.807) is 13.8 Å². The summed E-state index contributed by atoms with van der Waals surface area (Å²) >= 11 is 0. The molecular weight excluding hydrogens is 316 g/mol. The Bertz CT molecular complexity index is 631. The summed E-state index contributed by atoms with van der Waals surface area (Å²) in [6.45, 7) is 7.63. The van der Waals surface area contributed by atoms with Gasteiger partial charge in [0, 0.05) is 58.7 Å². The van der Waals surface area contributed by atoms with Crippen LogP contribution < -0.4 is 9.46 Å². The molecule has 0 saturated heterocycles. The molecule has 0 aliphatic heterocycles. The highest BCUT2D eigenvalue weighted by Gasteiger charge is 2.21. The minimum Gasteiger partial charge on any atom is -0.618 e. The molecule has 22 heavy (non-hydrogen) atoms. The van der Waals surface area contributed by atoms with E-state index in [9.17, 15) is 10.4 Å². The zero-order valence-electron chi connectivity index (χ0n) is 13.3. The normalized spacial score (nSPS) is 10.9. The number of nitrogens with zero attached hydrogens (tertiary/aromatic N) is 2. The van der Waals surface area contributed by atoms with Gasteiger partial charge in [0.25, 0.3) is 10.1 Å². The highest BCUT2D eigenvalue weighted by Crippen LogP contribution is 2.37. The number of aromatic nitrogens is 2. The van der Waals surface area contributed by atoms with Crippen LogP contribution in [0, 0.1) is 24.3 Å². The van der Waals surface area contributed by atoms with Crippen molar-refractivity contribution in [2.24, 2.45) is 0 Å². The first kappa shape index (κ1) is 17.0. The summed E-state index contributed by atoms with van der Waals surface area (Å²) in [5.74, 6) is 0. The molecule has 2 aromatic rings. The SMILES string of the molecule is CCc1ccc(C)[n+]([O-])c1SSc1c(CC)ccc(C)[n+]1[O-]. The van der Waals surface area contributed by atoms with Gasteiger partial charge >= 0.3 is 0 Å². The maximum Gasteiger partial charge on any atom is 0.265 e. The van der Waals surface area contributed by atoms with Gasteiger partial charge < -0.3 is 10.4 Å². The molecule has 6 heteroatoms. The summed E-state index contributed by atoms with van der Waals surface area (Å²) in [4.78, 5) is 0. The third-order valence-electron chi connectivity index (χ3n) is 3.57. The van der Waals surface area contributed by atoms with Crippen molar-refractivity contribution in [3.63, 3.8) is 0 Å². The quantitative estimate of drug-likeness (QED) is 0.476. The zero-order chi connectivity index (χ0) is 16.3. The zero-order valence-corrected chi connectivity index (χ0v) is 14.9. The fourth-order valence-corrected chi connectivity index (χ4v) is 4.84. The molecular formula is C16H20N2O2S2. The molecule has 2 rings (SSSR count). The van der Waals surface area contributed by atoms with Crippen LogP contribution in [0.2, 0.25) is 0 Å². The lowest BCUT2D eigenvalue weighted by Gasteiger charge is -2.12. The number of aryl methyl sites for hydroxylation is 4. The van der Waals surface area contributed by atoms with Gasteiger partial charge in [0.15, 0.2) is 11.4 Å². The second-order valence-electron chi connectivity index (χ2n) is 5.07. The summed E-state index contributed by atoms with van der Waals surface area (Å²) in [7, 11) is 2.73. The Hall–Kier alpha value is -1.40. The van der Waals surface area contributed by atoms with E-state index in [0.717, 1.165) is 33.4 Å². The average Bonchev–Trinajstić information content (AvgIpc) is 2.52. The fraction of sp³-hybridized carbons (Fsp3) is 0.375. The first-order chi connectivity index (χ1) is 10.5. The van der Waals surface area contributed by atoms with Crippen LogP contribution in [0.25, 0.3) is 0 Å². The highest BCUT2D eigenvalue weighted by molar-refractivity contribution is 8.76. The second kappa shape index (κ2) is 7.24. The van der Waals surface area contributed by atoms with E-state index in [0.29, 0.717) is 21.4 Å². The van der Waals surface area contributed by atoms with Crippen molar-refractivity contribution in [3.8, 4) is 0 Å². The predicted molar refractivity (Wildman–Crippen MR) is 90.7 cm³/mol. The summed E-state index contributed by atoms with van der Waals surface area (Å²) in [6.07, 6.45) is 1.58. The lowest BCUT2D eigenvalue weighted by molar-refractivity contribution is -0.653. The first-order valence-electron chi connectivity index (χ1n) is 7.28. The van der Waals surface area contributed by atoms with Crippen molar-refractivity contribution in [1.82, 2.24) is 0 Å². The van der Waals surface area contributed by atoms with Crippen molar-refractivity contribution in [3.05, 3.63) is 57.2 Å². The van der Waals surface area contributed by atoms with Crippen molar-refractivity contribution in [1.29, 1.82) is 0 Å². The molecule has 4 nitrogen and oxygen atoms in total. The predicted octanol–water partition coefficient (Wildman–Crippen LogP) is 3.49. The molecule has 0 saturated carbocycles. The summed E-state index contributed by atoms with van der Waals surface area (Å²) in [5, 5.41) is 25.9. The Labute approximate surface area is 139 Å². The lowest BCUT2D eigenvalue weighted by atomic mass is 10.2. The van der Waals surface area contributed by atoms with E-state index >= 15 is 0 Å². The van der Waals surface area contributed by atoms with E-state index in [-0.39, 0.29) is 0 Å².